The first-order chi connectivity index (χ1) is 8.63. The quantitative estimate of drug-likeness (QED) is 0.903. The number of hydrogen-bond donors (Lipinski definition) is 1. The molecule has 1 aromatic heterocycles. The van der Waals surface area contributed by atoms with Gasteiger partial charge in [0.15, 0.2) is 0 Å². The lowest BCUT2D eigenvalue weighted by Gasteiger charge is -2.11. The highest BCUT2D eigenvalue weighted by Gasteiger charge is 2.08. The fourth-order valence-electron chi connectivity index (χ4n) is 1.50. The number of aliphatic hydroxyl groups is 1. The highest BCUT2D eigenvalue weighted by Crippen LogP contribution is 2.23. The minimum atomic E-state index is -0.557. The van der Waals surface area contributed by atoms with Gasteiger partial charge in [-0.15, -0.1) is 11.3 Å². The maximum absolute atomic E-state index is 9.85. The number of aliphatic hydroxyl groups excluding tert-OH is 1. The molecule has 0 amide bonds. The number of thiophene rings is 1. The van der Waals surface area contributed by atoms with Gasteiger partial charge in [-0.3, -0.25) is 0 Å². The molecule has 0 aliphatic heterocycles. The third-order valence-corrected chi connectivity index (χ3v) is 3.79. The predicted octanol–water partition coefficient (Wildman–Crippen LogP) is 4.04. The Balaban J connectivity index is 1.83. The molecule has 0 bridgehead atoms. The normalized spacial score (nSPS) is 12.4. The molecule has 0 fully saturated rings. The zero-order valence-electron chi connectivity index (χ0n) is 9.48. The van der Waals surface area contributed by atoms with E-state index in [9.17, 15) is 5.11 Å². The van der Waals surface area contributed by atoms with E-state index in [1.807, 2.05) is 18.2 Å². The Bertz CT molecular complexity index is 513. The zero-order chi connectivity index (χ0) is 13.0. The van der Waals surface area contributed by atoms with Gasteiger partial charge in [-0.25, -0.2) is 0 Å². The molecule has 1 atom stereocenters. The van der Waals surface area contributed by atoms with Crippen LogP contribution < -0.4 is 4.74 Å². The van der Waals surface area contributed by atoms with E-state index < -0.39 is 6.10 Å². The first-order valence-corrected chi connectivity index (χ1v) is 7.01. The summed E-state index contributed by atoms with van der Waals surface area (Å²) < 4.78 is 6.19. The average Bonchev–Trinajstić information content (AvgIpc) is 2.72. The number of halogens is 2. The summed E-state index contributed by atoms with van der Waals surface area (Å²) in [5.41, 5.74) is 0. The van der Waals surface area contributed by atoms with Crippen LogP contribution in [0.25, 0.3) is 0 Å². The van der Waals surface area contributed by atoms with E-state index >= 15 is 0 Å². The summed E-state index contributed by atoms with van der Waals surface area (Å²) in [5.74, 6) is 0.658. The number of ether oxygens (including phenoxy) is 1. The average molecular weight is 303 g/mol. The molecule has 0 saturated heterocycles. The predicted molar refractivity (Wildman–Crippen MR) is 76.0 cm³/mol. The molecule has 18 heavy (non-hydrogen) atoms. The van der Waals surface area contributed by atoms with Crippen LogP contribution in [0.15, 0.2) is 36.4 Å². The molecule has 0 spiro atoms. The van der Waals surface area contributed by atoms with Crippen molar-refractivity contribution in [2.75, 3.05) is 6.61 Å². The van der Waals surface area contributed by atoms with Gasteiger partial charge in [0.1, 0.15) is 12.4 Å². The Morgan fingerprint density at radius 2 is 2.06 bits per heavy atom. The molecule has 0 aliphatic carbocycles. The Labute approximate surface area is 120 Å². The number of rotatable bonds is 5. The molecule has 96 valence electrons. The second kappa shape index (κ2) is 6.43. The summed E-state index contributed by atoms with van der Waals surface area (Å²) in [6.07, 6.45) is -0.0171. The fraction of sp³-hybridized carbons (Fsp3) is 0.231. The minimum absolute atomic E-state index is 0.232. The van der Waals surface area contributed by atoms with Crippen molar-refractivity contribution >= 4 is 34.5 Å². The highest BCUT2D eigenvalue weighted by molar-refractivity contribution is 7.16. The van der Waals surface area contributed by atoms with Crippen LogP contribution in [0.1, 0.15) is 4.88 Å². The summed E-state index contributed by atoms with van der Waals surface area (Å²) in [6.45, 7) is 0.232. The van der Waals surface area contributed by atoms with Crippen LogP contribution in [-0.2, 0) is 6.42 Å². The summed E-state index contributed by atoms with van der Waals surface area (Å²) in [4.78, 5) is 1.04. The summed E-state index contributed by atoms with van der Waals surface area (Å²) in [5, 5.41) is 10.5. The smallest absolute Gasteiger partial charge is 0.120 e. The van der Waals surface area contributed by atoms with Crippen molar-refractivity contribution in [3.05, 3.63) is 50.6 Å². The van der Waals surface area contributed by atoms with Crippen molar-refractivity contribution in [3.8, 4) is 5.75 Å². The molecule has 1 unspecified atom stereocenters. The monoisotopic (exact) mass is 302 g/mol. The molecule has 1 heterocycles. The van der Waals surface area contributed by atoms with E-state index in [1.165, 1.54) is 11.3 Å². The van der Waals surface area contributed by atoms with Crippen LogP contribution >= 0.6 is 34.5 Å². The SMILES string of the molecule is OC(COc1cccc(Cl)c1)Cc1ccc(Cl)s1. The second-order valence-corrected chi connectivity index (χ2v) is 6.07. The standard InChI is InChI=1S/C13H12Cl2O2S/c14-9-2-1-3-11(6-9)17-8-10(16)7-12-4-5-13(15)18-12/h1-6,10,16H,7-8H2. The summed E-state index contributed by atoms with van der Waals surface area (Å²) in [6, 6.07) is 10.8. The van der Waals surface area contributed by atoms with Crippen molar-refractivity contribution in [3.63, 3.8) is 0 Å². The maximum atomic E-state index is 9.85. The first-order valence-electron chi connectivity index (χ1n) is 5.44. The summed E-state index contributed by atoms with van der Waals surface area (Å²) >= 11 is 13.1. The topological polar surface area (TPSA) is 29.5 Å². The molecule has 5 heteroatoms. The van der Waals surface area contributed by atoms with Gasteiger partial charge in [0.25, 0.3) is 0 Å². The van der Waals surface area contributed by atoms with Crippen molar-refractivity contribution < 1.29 is 9.84 Å². The zero-order valence-corrected chi connectivity index (χ0v) is 11.8. The van der Waals surface area contributed by atoms with E-state index in [0.717, 1.165) is 9.21 Å². The Hall–Kier alpha value is -0.740. The van der Waals surface area contributed by atoms with Crippen molar-refractivity contribution in [1.82, 2.24) is 0 Å². The van der Waals surface area contributed by atoms with Crippen LogP contribution in [0.5, 0.6) is 5.75 Å². The third kappa shape index (κ3) is 4.18. The van der Waals surface area contributed by atoms with Crippen molar-refractivity contribution in [1.29, 1.82) is 0 Å². The van der Waals surface area contributed by atoms with Crippen LogP contribution in [0, 0.1) is 0 Å². The van der Waals surface area contributed by atoms with Crippen molar-refractivity contribution in [2.24, 2.45) is 0 Å². The minimum Gasteiger partial charge on any atom is -0.491 e. The molecular formula is C13H12Cl2O2S. The number of benzene rings is 1. The largest absolute Gasteiger partial charge is 0.491 e. The van der Waals surface area contributed by atoms with Gasteiger partial charge in [0, 0.05) is 16.3 Å². The van der Waals surface area contributed by atoms with E-state index in [2.05, 4.69) is 0 Å². The number of hydrogen-bond acceptors (Lipinski definition) is 3. The molecule has 1 N–H and O–H groups in total. The lowest BCUT2D eigenvalue weighted by Crippen LogP contribution is -2.19. The first kappa shape index (κ1) is 13.7. The van der Waals surface area contributed by atoms with E-state index in [1.54, 1.807) is 18.2 Å². The Morgan fingerprint density at radius 1 is 1.22 bits per heavy atom. The van der Waals surface area contributed by atoms with Gasteiger partial charge in [0.05, 0.1) is 10.4 Å². The Morgan fingerprint density at radius 3 is 2.72 bits per heavy atom. The van der Waals surface area contributed by atoms with Gasteiger partial charge >= 0.3 is 0 Å². The molecule has 2 nitrogen and oxygen atoms in total. The molecule has 0 radical (unpaired) electrons. The van der Waals surface area contributed by atoms with Gasteiger partial charge in [0.2, 0.25) is 0 Å². The maximum Gasteiger partial charge on any atom is 0.120 e. The third-order valence-electron chi connectivity index (χ3n) is 2.30. The lowest BCUT2D eigenvalue weighted by molar-refractivity contribution is 0.108. The molecule has 2 rings (SSSR count). The molecule has 0 aliphatic rings. The van der Waals surface area contributed by atoms with Crippen LogP contribution in [0.3, 0.4) is 0 Å². The van der Waals surface area contributed by atoms with E-state index in [0.29, 0.717) is 17.2 Å². The van der Waals surface area contributed by atoms with Crippen LogP contribution in [0.4, 0.5) is 0 Å². The van der Waals surface area contributed by atoms with Crippen LogP contribution in [-0.4, -0.2) is 17.8 Å². The second-order valence-electron chi connectivity index (χ2n) is 3.83. The summed E-state index contributed by atoms with van der Waals surface area (Å²) in [7, 11) is 0. The molecule has 1 aromatic carbocycles. The van der Waals surface area contributed by atoms with Crippen LogP contribution in [0.2, 0.25) is 9.36 Å². The molecule has 2 aromatic rings. The van der Waals surface area contributed by atoms with Gasteiger partial charge in [-0.1, -0.05) is 29.3 Å². The fourth-order valence-corrected chi connectivity index (χ4v) is 2.84. The Kier molecular flexibility index (Phi) is 4.89. The van der Waals surface area contributed by atoms with Gasteiger partial charge in [-0.05, 0) is 30.3 Å². The lowest BCUT2D eigenvalue weighted by atomic mass is 10.2. The molecule has 0 saturated carbocycles. The van der Waals surface area contributed by atoms with Gasteiger partial charge in [-0.2, -0.15) is 0 Å². The van der Waals surface area contributed by atoms with E-state index in [-0.39, 0.29) is 6.61 Å². The molecular weight excluding hydrogens is 291 g/mol. The van der Waals surface area contributed by atoms with E-state index in [4.69, 9.17) is 27.9 Å². The van der Waals surface area contributed by atoms with Crippen molar-refractivity contribution in [2.45, 2.75) is 12.5 Å². The highest BCUT2D eigenvalue weighted by atomic mass is 35.5. The van der Waals surface area contributed by atoms with Gasteiger partial charge < -0.3 is 9.84 Å².